The van der Waals surface area contributed by atoms with Crippen LogP contribution in [0.3, 0.4) is 0 Å². The number of hydrogen-bond acceptors (Lipinski definition) is 3. The van der Waals surface area contributed by atoms with Crippen LogP contribution in [0, 0.1) is 6.92 Å². The number of aryl methyl sites for hydroxylation is 1. The molecule has 0 atom stereocenters. The van der Waals surface area contributed by atoms with Gasteiger partial charge in [0.1, 0.15) is 19.0 Å². The summed E-state index contributed by atoms with van der Waals surface area (Å²) in [5.74, 6) is 0.685. The molecule has 1 amide bonds. The van der Waals surface area contributed by atoms with E-state index in [1.54, 1.807) is 7.05 Å². The average molecular weight is 223 g/mol. The minimum absolute atomic E-state index is 0.0771. The van der Waals surface area contributed by atoms with Crippen LogP contribution in [0.5, 0.6) is 5.75 Å². The van der Waals surface area contributed by atoms with E-state index >= 15 is 0 Å². The molecule has 1 aromatic carbocycles. The molecule has 4 nitrogen and oxygen atoms in total. The molecule has 0 saturated heterocycles. The van der Waals surface area contributed by atoms with Crippen LogP contribution < -0.4 is 10.1 Å². The van der Waals surface area contributed by atoms with Gasteiger partial charge in [-0.05, 0) is 19.1 Å². The van der Waals surface area contributed by atoms with Crippen molar-refractivity contribution in [2.45, 2.75) is 6.92 Å². The fraction of sp³-hybridized carbons (Fsp3) is 0.417. The lowest BCUT2D eigenvalue weighted by Crippen LogP contribution is -2.24. The summed E-state index contributed by atoms with van der Waals surface area (Å²) in [5.41, 5.74) is 1.20. The van der Waals surface area contributed by atoms with Crippen molar-refractivity contribution < 1.29 is 14.3 Å². The van der Waals surface area contributed by atoms with Gasteiger partial charge < -0.3 is 14.8 Å². The predicted octanol–water partition coefficient (Wildman–Crippen LogP) is 1.14. The van der Waals surface area contributed by atoms with E-state index in [2.05, 4.69) is 5.32 Å². The highest BCUT2D eigenvalue weighted by molar-refractivity contribution is 5.76. The molecule has 1 aromatic rings. The fourth-order valence-electron chi connectivity index (χ4n) is 1.09. The third kappa shape index (κ3) is 4.79. The SMILES string of the molecule is CNC(=O)COCCOc1ccc(C)cc1. The summed E-state index contributed by atoms with van der Waals surface area (Å²) < 4.78 is 10.5. The minimum Gasteiger partial charge on any atom is -0.491 e. The predicted molar refractivity (Wildman–Crippen MR) is 61.6 cm³/mol. The minimum atomic E-state index is -0.129. The van der Waals surface area contributed by atoms with Crippen LogP contribution in [0.2, 0.25) is 0 Å². The van der Waals surface area contributed by atoms with Gasteiger partial charge in [-0.3, -0.25) is 4.79 Å². The third-order valence-corrected chi connectivity index (χ3v) is 2.03. The Hall–Kier alpha value is -1.55. The number of nitrogens with one attached hydrogen (secondary N) is 1. The summed E-state index contributed by atoms with van der Waals surface area (Å²) in [5, 5.41) is 2.48. The molecule has 0 bridgehead atoms. The standard InChI is InChI=1S/C12H17NO3/c1-10-3-5-11(6-4-10)16-8-7-15-9-12(14)13-2/h3-6H,7-9H2,1-2H3,(H,13,14). The molecule has 0 radical (unpaired) electrons. The summed E-state index contributed by atoms with van der Waals surface area (Å²) in [6.07, 6.45) is 0. The van der Waals surface area contributed by atoms with Crippen LogP contribution in [0.25, 0.3) is 0 Å². The second kappa shape index (κ2) is 6.85. The molecule has 4 heteroatoms. The summed E-state index contributed by atoms with van der Waals surface area (Å²) in [6.45, 7) is 2.95. The number of hydrogen-bond donors (Lipinski definition) is 1. The Bertz CT molecular complexity index is 322. The highest BCUT2D eigenvalue weighted by Gasteiger charge is 1.97. The second-order valence-electron chi connectivity index (χ2n) is 3.39. The van der Waals surface area contributed by atoms with Crippen LogP contribution >= 0.6 is 0 Å². The van der Waals surface area contributed by atoms with E-state index in [-0.39, 0.29) is 12.5 Å². The molecule has 0 heterocycles. The normalized spacial score (nSPS) is 9.88. The highest BCUT2D eigenvalue weighted by atomic mass is 16.5. The Kier molecular flexibility index (Phi) is 5.36. The number of ether oxygens (including phenoxy) is 2. The Balaban J connectivity index is 2.11. The van der Waals surface area contributed by atoms with E-state index in [0.29, 0.717) is 13.2 Å². The second-order valence-corrected chi connectivity index (χ2v) is 3.39. The maximum atomic E-state index is 10.8. The molecule has 0 saturated carbocycles. The monoisotopic (exact) mass is 223 g/mol. The van der Waals surface area contributed by atoms with Crippen molar-refractivity contribution in [1.29, 1.82) is 0 Å². The van der Waals surface area contributed by atoms with Gasteiger partial charge in [-0.2, -0.15) is 0 Å². The lowest BCUT2D eigenvalue weighted by molar-refractivity contribution is -0.125. The van der Waals surface area contributed by atoms with E-state index in [0.717, 1.165) is 5.75 Å². The highest BCUT2D eigenvalue weighted by Crippen LogP contribution is 2.10. The average Bonchev–Trinajstić information content (AvgIpc) is 2.31. The van der Waals surface area contributed by atoms with Gasteiger partial charge in [0.15, 0.2) is 0 Å². The maximum absolute atomic E-state index is 10.8. The summed E-state index contributed by atoms with van der Waals surface area (Å²) in [4.78, 5) is 10.8. The van der Waals surface area contributed by atoms with E-state index in [4.69, 9.17) is 9.47 Å². The van der Waals surface area contributed by atoms with Crippen LogP contribution in [0.4, 0.5) is 0 Å². The number of carbonyl (C=O) groups is 1. The maximum Gasteiger partial charge on any atom is 0.245 e. The van der Waals surface area contributed by atoms with Crippen molar-refractivity contribution >= 4 is 5.91 Å². The van der Waals surface area contributed by atoms with Gasteiger partial charge in [-0.15, -0.1) is 0 Å². The number of benzene rings is 1. The molecule has 0 spiro atoms. The largest absolute Gasteiger partial charge is 0.491 e. The van der Waals surface area contributed by atoms with Crippen molar-refractivity contribution in [3.05, 3.63) is 29.8 Å². The summed E-state index contributed by atoms with van der Waals surface area (Å²) in [6, 6.07) is 7.80. The van der Waals surface area contributed by atoms with Crippen LogP contribution in [-0.2, 0) is 9.53 Å². The van der Waals surface area contributed by atoms with E-state index in [9.17, 15) is 4.79 Å². The Labute approximate surface area is 95.6 Å². The summed E-state index contributed by atoms with van der Waals surface area (Å²) in [7, 11) is 1.58. The zero-order chi connectivity index (χ0) is 11.8. The Morgan fingerprint density at radius 3 is 2.56 bits per heavy atom. The number of rotatable bonds is 6. The van der Waals surface area contributed by atoms with E-state index in [1.165, 1.54) is 5.56 Å². The lowest BCUT2D eigenvalue weighted by atomic mass is 10.2. The molecular weight excluding hydrogens is 206 g/mol. The van der Waals surface area contributed by atoms with Crippen LogP contribution in [0.1, 0.15) is 5.56 Å². The smallest absolute Gasteiger partial charge is 0.245 e. The van der Waals surface area contributed by atoms with Crippen molar-refractivity contribution in [2.24, 2.45) is 0 Å². The van der Waals surface area contributed by atoms with Gasteiger partial charge in [0, 0.05) is 7.05 Å². The molecule has 0 aliphatic carbocycles. The Morgan fingerprint density at radius 1 is 1.25 bits per heavy atom. The molecule has 0 unspecified atom stereocenters. The molecule has 88 valence electrons. The molecular formula is C12H17NO3. The van der Waals surface area contributed by atoms with Gasteiger partial charge in [0.25, 0.3) is 0 Å². The molecule has 1 N–H and O–H groups in total. The number of amides is 1. The first-order valence-electron chi connectivity index (χ1n) is 5.20. The first-order valence-corrected chi connectivity index (χ1v) is 5.20. The number of carbonyl (C=O) groups excluding carboxylic acids is 1. The first-order chi connectivity index (χ1) is 7.72. The van der Waals surface area contributed by atoms with Gasteiger partial charge in [-0.1, -0.05) is 17.7 Å². The van der Waals surface area contributed by atoms with Crippen LogP contribution in [0.15, 0.2) is 24.3 Å². The lowest BCUT2D eigenvalue weighted by Gasteiger charge is -2.06. The Morgan fingerprint density at radius 2 is 1.94 bits per heavy atom. The first kappa shape index (κ1) is 12.5. The summed E-state index contributed by atoms with van der Waals surface area (Å²) >= 11 is 0. The molecule has 0 aromatic heterocycles. The van der Waals surface area contributed by atoms with Crippen LogP contribution in [-0.4, -0.2) is 32.8 Å². The van der Waals surface area contributed by atoms with Gasteiger partial charge in [0.2, 0.25) is 5.91 Å². The molecule has 0 fully saturated rings. The quantitative estimate of drug-likeness (QED) is 0.736. The molecule has 1 rings (SSSR count). The van der Waals surface area contributed by atoms with Crippen molar-refractivity contribution in [1.82, 2.24) is 5.32 Å². The van der Waals surface area contributed by atoms with Gasteiger partial charge in [-0.25, -0.2) is 0 Å². The zero-order valence-electron chi connectivity index (χ0n) is 9.66. The topological polar surface area (TPSA) is 47.6 Å². The molecule has 16 heavy (non-hydrogen) atoms. The third-order valence-electron chi connectivity index (χ3n) is 2.03. The molecule has 0 aliphatic heterocycles. The van der Waals surface area contributed by atoms with Crippen molar-refractivity contribution in [3.63, 3.8) is 0 Å². The van der Waals surface area contributed by atoms with Crippen molar-refractivity contribution in [3.8, 4) is 5.75 Å². The number of likely N-dealkylation sites (N-methyl/N-ethyl adjacent to an activating group) is 1. The van der Waals surface area contributed by atoms with Gasteiger partial charge >= 0.3 is 0 Å². The van der Waals surface area contributed by atoms with Crippen molar-refractivity contribution in [2.75, 3.05) is 26.9 Å². The zero-order valence-corrected chi connectivity index (χ0v) is 9.66. The molecule has 0 aliphatic rings. The van der Waals surface area contributed by atoms with E-state index in [1.807, 2.05) is 31.2 Å². The fourth-order valence-corrected chi connectivity index (χ4v) is 1.09. The van der Waals surface area contributed by atoms with E-state index < -0.39 is 0 Å². The van der Waals surface area contributed by atoms with Gasteiger partial charge in [0.05, 0.1) is 6.61 Å².